The molecule has 3 aliphatic heterocycles. The molecule has 1 amide bonds. The van der Waals surface area contributed by atoms with Crippen LogP contribution in [0.4, 0.5) is 20.3 Å². The molecule has 2 fully saturated rings. The van der Waals surface area contributed by atoms with E-state index in [0.29, 0.717) is 48.9 Å². The van der Waals surface area contributed by atoms with Crippen molar-refractivity contribution >= 4 is 36.8 Å². The molecule has 3 aliphatic rings. The number of halogens is 3. The Hall–Kier alpha value is -3.91. The highest BCUT2D eigenvalue weighted by Crippen LogP contribution is 2.54. The van der Waals surface area contributed by atoms with Crippen LogP contribution in [-0.2, 0) is 36.1 Å². The van der Waals surface area contributed by atoms with Gasteiger partial charge in [-0.2, -0.15) is 5.10 Å². The molecule has 2 aromatic heterocycles. The van der Waals surface area contributed by atoms with Crippen molar-refractivity contribution < 1.29 is 41.2 Å². The van der Waals surface area contributed by atoms with E-state index < -0.39 is 25.4 Å². The second-order valence-corrected chi connectivity index (χ2v) is 13.9. The number of carbonyl (C=O) groups excluding carboxylic acids is 1. The summed E-state index contributed by atoms with van der Waals surface area (Å²) in [6.07, 6.45) is 5.67. The largest absolute Gasteiger partial charge is 0.487 e. The molecule has 12 nitrogen and oxygen atoms in total. The molecule has 5 heterocycles. The van der Waals surface area contributed by atoms with Gasteiger partial charge in [0, 0.05) is 54.9 Å². The Labute approximate surface area is 285 Å². The monoisotopic (exact) mass is 715 g/mol. The van der Waals surface area contributed by atoms with E-state index in [-0.39, 0.29) is 30.8 Å². The van der Waals surface area contributed by atoms with Crippen molar-refractivity contribution in [3.63, 3.8) is 0 Å². The summed E-state index contributed by atoms with van der Waals surface area (Å²) in [4.78, 5) is 20.2. The summed E-state index contributed by atoms with van der Waals surface area (Å²) in [5.74, 6) is -0.0530. The van der Waals surface area contributed by atoms with Gasteiger partial charge in [0.1, 0.15) is 11.6 Å². The standard InChI is InChI=1S/C33H33ClF2N5O7P/c34-33(35,36)47-26-10-8-25(9-11-26)39-32(42)24-17-28(29-12-14-38-41(29)30-7-3-4-16-44-30)31(37-18-24)40-15-13-27(19-40)48-49(43)45-20-22-5-1-2-6-23(22)21-46-49/h1-2,5-6,8-12,14,17-18,27,30H,3-4,7,13,15-16,19-21H2,(H,39,42). The first kappa shape index (κ1) is 33.6. The van der Waals surface area contributed by atoms with Gasteiger partial charge in [0.2, 0.25) is 0 Å². The van der Waals surface area contributed by atoms with Crippen LogP contribution in [0.2, 0.25) is 0 Å². The van der Waals surface area contributed by atoms with Crippen molar-refractivity contribution in [1.82, 2.24) is 14.8 Å². The van der Waals surface area contributed by atoms with Gasteiger partial charge in [-0.3, -0.25) is 18.4 Å². The predicted molar refractivity (Wildman–Crippen MR) is 175 cm³/mol. The number of phosphoric ester groups is 1. The maximum Gasteiger partial charge on any atom is 0.487 e. The van der Waals surface area contributed by atoms with Crippen molar-refractivity contribution in [3.8, 4) is 17.0 Å². The van der Waals surface area contributed by atoms with Crippen LogP contribution in [0.5, 0.6) is 5.75 Å². The number of nitrogens with one attached hydrogen (secondary N) is 1. The van der Waals surface area contributed by atoms with E-state index in [1.54, 1.807) is 16.9 Å². The fraction of sp³-hybridized carbons (Fsp3) is 0.364. The maximum atomic E-state index is 13.5. The zero-order valence-corrected chi connectivity index (χ0v) is 27.8. The van der Waals surface area contributed by atoms with Gasteiger partial charge in [-0.05, 0) is 73.2 Å². The van der Waals surface area contributed by atoms with Crippen LogP contribution in [0.25, 0.3) is 11.3 Å². The Bertz CT molecular complexity index is 1820. The summed E-state index contributed by atoms with van der Waals surface area (Å²) in [7, 11) is -3.84. The first-order valence-electron chi connectivity index (χ1n) is 15.8. The smallest absolute Gasteiger partial charge is 0.420 e. The Kier molecular flexibility index (Phi) is 9.69. The van der Waals surface area contributed by atoms with Crippen LogP contribution in [0.15, 0.2) is 73.1 Å². The summed E-state index contributed by atoms with van der Waals surface area (Å²) in [5.41, 5.74) is -0.116. The molecule has 7 rings (SSSR count). The Morgan fingerprint density at radius 3 is 2.49 bits per heavy atom. The molecule has 2 aromatic carbocycles. The number of phosphoric acid groups is 1. The lowest BCUT2D eigenvalue weighted by Gasteiger charge is -2.26. The minimum Gasteiger partial charge on any atom is -0.420 e. The second-order valence-electron chi connectivity index (χ2n) is 11.8. The fourth-order valence-corrected chi connectivity index (χ4v) is 7.48. The van der Waals surface area contributed by atoms with E-state index in [9.17, 15) is 18.1 Å². The second kappa shape index (κ2) is 14.1. The zero-order valence-electron chi connectivity index (χ0n) is 26.2. The lowest BCUT2D eigenvalue weighted by atomic mass is 10.1. The Morgan fingerprint density at radius 2 is 1.80 bits per heavy atom. The van der Waals surface area contributed by atoms with Crippen molar-refractivity contribution in [3.05, 3.63) is 89.7 Å². The number of anilines is 2. The van der Waals surface area contributed by atoms with Crippen LogP contribution in [-0.4, -0.2) is 52.0 Å². The minimum atomic E-state index is -3.85. The Morgan fingerprint density at radius 1 is 1.04 bits per heavy atom. The molecule has 0 saturated carbocycles. The molecule has 2 unspecified atom stereocenters. The van der Waals surface area contributed by atoms with Crippen molar-refractivity contribution in [2.24, 2.45) is 0 Å². The number of benzene rings is 2. The SMILES string of the molecule is O=C(Nc1ccc(OC(F)(F)Cl)cc1)c1cnc(N2CCC(OP3(=O)OCc4ccccc4CO3)C2)c(-c2ccnn2C2CCCCO2)c1. The molecular formula is C33H33ClF2N5O7P. The summed E-state index contributed by atoms with van der Waals surface area (Å²) in [5, 5.41) is 7.32. The number of amides is 1. The van der Waals surface area contributed by atoms with E-state index >= 15 is 0 Å². The highest BCUT2D eigenvalue weighted by molar-refractivity contribution is 7.48. The normalized spacial score (nSPS) is 20.8. The molecule has 0 radical (unpaired) electrons. The van der Waals surface area contributed by atoms with Gasteiger partial charge in [0.05, 0.1) is 30.6 Å². The fourth-order valence-electron chi connectivity index (χ4n) is 6.06. The molecular weight excluding hydrogens is 683 g/mol. The van der Waals surface area contributed by atoms with Gasteiger partial charge < -0.3 is 19.7 Å². The molecule has 2 atom stereocenters. The number of aromatic nitrogens is 3. The van der Waals surface area contributed by atoms with E-state index in [1.165, 1.54) is 30.5 Å². The number of hydrogen-bond donors (Lipinski definition) is 1. The van der Waals surface area contributed by atoms with Crippen molar-refractivity contribution in [1.29, 1.82) is 0 Å². The number of carbonyl (C=O) groups is 1. The first-order valence-corrected chi connectivity index (χ1v) is 17.7. The van der Waals surface area contributed by atoms with Gasteiger partial charge in [-0.1, -0.05) is 24.3 Å². The quantitative estimate of drug-likeness (QED) is 0.137. The molecule has 0 aliphatic carbocycles. The summed E-state index contributed by atoms with van der Waals surface area (Å²) in [6.45, 7) is 1.73. The highest BCUT2D eigenvalue weighted by atomic mass is 35.5. The third-order valence-electron chi connectivity index (χ3n) is 8.45. The number of nitrogens with zero attached hydrogens (tertiary/aromatic N) is 4. The van der Waals surface area contributed by atoms with Crippen LogP contribution >= 0.6 is 19.4 Å². The first-order chi connectivity index (χ1) is 23.6. The predicted octanol–water partition coefficient (Wildman–Crippen LogP) is 7.51. The molecule has 0 spiro atoms. The van der Waals surface area contributed by atoms with Gasteiger partial charge >= 0.3 is 13.4 Å². The van der Waals surface area contributed by atoms with E-state index in [2.05, 4.69) is 15.2 Å². The molecule has 258 valence electrons. The van der Waals surface area contributed by atoms with E-state index in [1.807, 2.05) is 35.2 Å². The number of pyridine rings is 1. The third kappa shape index (κ3) is 7.95. The topological polar surface area (TPSA) is 126 Å². The van der Waals surface area contributed by atoms with Crippen molar-refractivity contribution in [2.75, 3.05) is 29.9 Å². The molecule has 4 aromatic rings. The number of fused-ring (bicyclic) bond motifs is 1. The molecule has 1 N–H and O–H groups in total. The van der Waals surface area contributed by atoms with Crippen LogP contribution in [0.1, 0.15) is 53.4 Å². The summed E-state index contributed by atoms with van der Waals surface area (Å²) >= 11 is 4.85. The van der Waals surface area contributed by atoms with E-state index in [4.69, 9.17) is 34.9 Å². The van der Waals surface area contributed by atoms with Gasteiger partial charge in [-0.15, -0.1) is 8.78 Å². The molecule has 0 bridgehead atoms. The Balaban J connectivity index is 1.12. The van der Waals surface area contributed by atoms with Crippen molar-refractivity contribution in [2.45, 2.75) is 56.8 Å². The molecule has 16 heteroatoms. The zero-order chi connectivity index (χ0) is 34.0. The lowest BCUT2D eigenvalue weighted by molar-refractivity contribution is -0.0964. The van der Waals surface area contributed by atoms with Crippen LogP contribution < -0.4 is 15.0 Å². The minimum absolute atomic E-state index is 0.119. The molecule has 2 saturated heterocycles. The van der Waals surface area contributed by atoms with Gasteiger partial charge in [0.15, 0.2) is 6.23 Å². The lowest BCUT2D eigenvalue weighted by Crippen LogP contribution is -2.25. The van der Waals surface area contributed by atoms with Gasteiger partial charge in [-0.25, -0.2) is 14.2 Å². The molecule has 49 heavy (non-hydrogen) atoms. The van der Waals surface area contributed by atoms with Crippen LogP contribution in [0.3, 0.4) is 0 Å². The average Bonchev–Trinajstić information content (AvgIpc) is 3.74. The van der Waals surface area contributed by atoms with Crippen LogP contribution in [0, 0.1) is 0 Å². The number of rotatable bonds is 9. The van der Waals surface area contributed by atoms with Gasteiger partial charge in [0.25, 0.3) is 5.91 Å². The third-order valence-corrected chi connectivity index (χ3v) is 9.97. The summed E-state index contributed by atoms with van der Waals surface area (Å²) in [6, 6.07) is 16.5. The maximum absolute atomic E-state index is 13.5. The number of hydrogen-bond acceptors (Lipinski definition) is 10. The van der Waals surface area contributed by atoms with E-state index in [0.717, 1.165) is 30.4 Å². The number of ether oxygens (including phenoxy) is 2. The number of alkyl halides is 3. The highest BCUT2D eigenvalue weighted by Gasteiger charge is 2.37. The average molecular weight is 716 g/mol. The summed E-state index contributed by atoms with van der Waals surface area (Å²) < 4.78 is 69.1.